The van der Waals surface area contributed by atoms with Gasteiger partial charge in [-0.3, -0.25) is 0 Å². The summed E-state index contributed by atoms with van der Waals surface area (Å²) in [5.74, 6) is 0.323. The Bertz CT molecular complexity index is 652. The fraction of sp³-hybridized carbons (Fsp3) is 0.0714. The Morgan fingerprint density at radius 3 is 2.58 bits per heavy atom. The van der Waals surface area contributed by atoms with E-state index in [4.69, 9.17) is 14.7 Å². The highest BCUT2D eigenvalue weighted by Gasteiger charge is 2.10. The first-order valence-corrected chi connectivity index (χ1v) is 6.14. The van der Waals surface area contributed by atoms with Crippen LogP contribution in [0.4, 0.5) is 4.39 Å². The fourth-order valence-electron chi connectivity index (χ4n) is 1.48. The minimum Gasteiger partial charge on any atom is -0.497 e. The molecule has 0 aliphatic heterocycles. The van der Waals surface area contributed by atoms with Gasteiger partial charge in [-0.25, -0.2) is 4.39 Å². The van der Waals surface area contributed by atoms with Gasteiger partial charge in [0.05, 0.1) is 12.7 Å². The van der Waals surface area contributed by atoms with Crippen molar-refractivity contribution in [2.45, 2.75) is 0 Å². The smallest absolute Gasteiger partial charge is 0.166 e. The number of nitrogens with zero attached hydrogens (tertiary/aromatic N) is 1. The molecule has 3 nitrogen and oxygen atoms in total. The van der Waals surface area contributed by atoms with Crippen molar-refractivity contribution in [2.75, 3.05) is 7.11 Å². The van der Waals surface area contributed by atoms with Gasteiger partial charge in [-0.15, -0.1) is 0 Å². The van der Waals surface area contributed by atoms with Gasteiger partial charge in [-0.2, -0.15) is 5.26 Å². The first-order chi connectivity index (χ1) is 9.13. The summed E-state index contributed by atoms with van der Waals surface area (Å²) < 4.78 is 24.8. The Hall–Kier alpha value is -2.06. The fourth-order valence-corrected chi connectivity index (χ4v) is 1.82. The molecule has 0 saturated heterocycles. The van der Waals surface area contributed by atoms with E-state index in [2.05, 4.69) is 15.9 Å². The lowest BCUT2D eigenvalue weighted by Gasteiger charge is -2.10. The molecule has 2 aromatic carbocycles. The Morgan fingerprint density at radius 2 is 1.95 bits per heavy atom. The topological polar surface area (TPSA) is 42.2 Å². The molecule has 5 heteroatoms. The van der Waals surface area contributed by atoms with Gasteiger partial charge in [-0.1, -0.05) is 15.9 Å². The SMILES string of the molecule is COc1ccc(C#N)c(Oc2ccc(Br)cc2F)c1. The molecule has 96 valence electrons. The summed E-state index contributed by atoms with van der Waals surface area (Å²) in [7, 11) is 1.51. The first-order valence-electron chi connectivity index (χ1n) is 5.35. The van der Waals surface area contributed by atoms with E-state index >= 15 is 0 Å². The van der Waals surface area contributed by atoms with Crippen molar-refractivity contribution in [2.24, 2.45) is 0 Å². The van der Waals surface area contributed by atoms with E-state index in [0.29, 0.717) is 15.8 Å². The normalized spacial score (nSPS) is 9.79. The van der Waals surface area contributed by atoms with Gasteiger partial charge in [0.15, 0.2) is 11.6 Å². The summed E-state index contributed by atoms with van der Waals surface area (Å²) in [6.07, 6.45) is 0. The minimum atomic E-state index is -0.513. The Kier molecular flexibility index (Phi) is 4.03. The molecule has 0 heterocycles. The van der Waals surface area contributed by atoms with Crippen molar-refractivity contribution in [3.05, 3.63) is 52.3 Å². The van der Waals surface area contributed by atoms with Gasteiger partial charge in [0, 0.05) is 10.5 Å². The van der Waals surface area contributed by atoms with Crippen LogP contribution in [0.5, 0.6) is 17.2 Å². The second-order valence-corrected chi connectivity index (χ2v) is 4.57. The van der Waals surface area contributed by atoms with Crippen molar-refractivity contribution >= 4 is 15.9 Å². The molecule has 19 heavy (non-hydrogen) atoms. The van der Waals surface area contributed by atoms with Crippen LogP contribution >= 0.6 is 15.9 Å². The predicted octanol–water partition coefficient (Wildman–Crippen LogP) is 4.26. The van der Waals surface area contributed by atoms with Crippen LogP contribution < -0.4 is 9.47 Å². The summed E-state index contributed by atoms with van der Waals surface area (Å²) in [4.78, 5) is 0. The van der Waals surface area contributed by atoms with Gasteiger partial charge >= 0.3 is 0 Å². The van der Waals surface area contributed by atoms with Crippen LogP contribution in [0.1, 0.15) is 5.56 Å². The second-order valence-electron chi connectivity index (χ2n) is 3.65. The van der Waals surface area contributed by atoms with E-state index in [1.807, 2.05) is 6.07 Å². The molecule has 0 unspecified atom stereocenters. The van der Waals surface area contributed by atoms with Crippen LogP contribution in [0.3, 0.4) is 0 Å². The number of benzene rings is 2. The molecule has 0 fully saturated rings. The number of nitriles is 1. The van der Waals surface area contributed by atoms with Crippen molar-refractivity contribution in [1.82, 2.24) is 0 Å². The van der Waals surface area contributed by atoms with Crippen LogP contribution in [0, 0.1) is 17.1 Å². The second kappa shape index (κ2) is 5.72. The monoisotopic (exact) mass is 321 g/mol. The Morgan fingerprint density at radius 1 is 1.16 bits per heavy atom. The van der Waals surface area contributed by atoms with E-state index in [0.717, 1.165) is 0 Å². The molecule has 0 aromatic heterocycles. The number of ether oxygens (including phenoxy) is 2. The van der Waals surface area contributed by atoms with Gasteiger partial charge in [0.1, 0.15) is 17.6 Å². The molecule has 0 spiro atoms. The van der Waals surface area contributed by atoms with E-state index in [9.17, 15) is 4.39 Å². The standard InChI is InChI=1S/C14H9BrFNO2/c1-18-11-4-2-9(8-17)14(7-11)19-13-5-3-10(15)6-12(13)16/h2-7H,1H3. The zero-order valence-electron chi connectivity index (χ0n) is 9.98. The molecular formula is C14H9BrFNO2. The molecule has 0 saturated carbocycles. The maximum absolute atomic E-state index is 13.7. The maximum Gasteiger partial charge on any atom is 0.166 e. The lowest BCUT2D eigenvalue weighted by molar-refractivity contribution is 0.404. The largest absolute Gasteiger partial charge is 0.497 e. The highest BCUT2D eigenvalue weighted by molar-refractivity contribution is 9.10. The summed E-state index contributed by atoms with van der Waals surface area (Å²) >= 11 is 3.16. The van der Waals surface area contributed by atoms with Crippen LogP contribution in [-0.2, 0) is 0 Å². The molecule has 2 rings (SSSR count). The van der Waals surface area contributed by atoms with E-state index in [1.165, 1.54) is 19.2 Å². The molecule has 0 bridgehead atoms. The summed E-state index contributed by atoms with van der Waals surface area (Å²) in [5.41, 5.74) is 0.308. The van der Waals surface area contributed by atoms with Crippen molar-refractivity contribution in [1.29, 1.82) is 5.26 Å². The average molecular weight is 322 g/mol. The van der Waals surface area contributed by atoms with Crippen molar-refractivity contribution < 1.29 is 13.9 Å². The van der Waals surface area contributed by atoms with E-state index in [1.54, 1.807) is 24.3 Å². The van der Waals surface area contributed by atoms with Gasteiger partial charge in [0.2, 0.25) is 0 Å². The number of rotatable bonds is 3. The van der Waals surface area contributed by atoms with Gasteiger partial charge in [-0.05, 0) is 30.3 Å². The molecule has 0 atom stereocenters. The molecular weight excluding hydrogens is 313 g/mol. The summed E-state index contributed by atoms with van der Waals surface area (Å²) in [5, 5.41) is 9.00. The zero-order valence-corrected chi connectivity index (χ0v) is 11.6. The summed E-state index contributed by atoms with van der Waals surface area (Å²) in [6.45, 7) is 0. The lowest BCUT2D eigenvalue weighted by atomic mass is 10.2. The number of hydrogen-bond acceptors (Lipinski definition) is 3. The first kappa shape index (κ1) is 13.4. The Labute approximate surface area is 118 Å². The van der Waals surface area contributed by atoms with Crippen LogP contribution in [0.25, 0.3) is 0 Å². The maximum atomic E-state index is 13.7. The summed E-state index contributed by atoms with van der Waals surface area (Å²) in [6, 6.07) is 11.2. The lowest BCUT2D eigenvalue weighted by Crippen LogP contribution is -1.92. The molecule has 0 N–H and O–H groups in total. The molecule has 0 amide bonds. The van der Waals surface area contributed by atoms with Crippen molar-refractivity contribution in [3.63, 3.8) is 0 Å². The number of methoxy groups -OCH3 is 1. The van der Waals surface area contributed by atoms with E-state index in [-0.39, 0.29) is 11.5 Å². The highest BCUT2D eigenvalue weighted by Crippen LogP contribution is 2.31. The third-order valence-electron chi connectivity index (χ3n) is 2.42. The molecule has 0 radical (unpaired) electrons. The van der Waals surface area contributed by atoms with Gasteiger partial charge < -0.3 is 9.47 Å². The van der Waals surface area contributed by atoms with Gasteiger partial charge in [0.25, 0.3) is 0 Å². The molecule has 0 aliphatic rings. The van der Waals surface area contributed by atoms with Crippen LogP contribution in [0.15, 0.2) is 40.9 Å². The van der Waals surface area contributed by atoms with Crippen molar-refractivity contribution in [3.8, 4) is 23.3 Å². The average Bonchev–Trinajstić information content (AvgIpc) is 2.41. The Balaban J connectivity index is 2.39. The van der Waals surface area contributed by atoms with Crippen LogP contribution in [-0.4, -0.2) is 7.11 Å². The predicted molar refractivity (Wildman–Crippen MR) is 71.9 cm³/mol. The third kappa shape index (κ3) is 3.04. The van der Waals surface area contributed by atoms with E-state index < -0.39 is 5.82 Å². The number of halogens is 2. The zero-order chi connectivity index (χ0) is 13.8. The third-order valence-corrected chi connectivity index (χ3v) is 2.92. The highest BCUT2D eigenvalue weighted by atomic mass is 79.9. The number of hydrogen-bond donors (Lipinski definition) is 0. The quantitative estimate of drug-likeness (QED) is 0.848. The molecule has 0 aliphatic carbocycles. The van der Waals surface area contributed by atoms with Crippen LogP contribution in [0.2, 0.25) is 0 Å². The molecule has 2 aromatic rings. The minimum absolute atomic E-state index is 0.0490.